The normalized spacial score (nSPS) is 13.6. The highest BCUT2D eigenvalue weighted by Gasteiger charge is 2.43. The Labute approximate surface area is 330 Å². The fraction of sp³-hybridized carbons (Fsp3) is 0.208. The van der Waals surface area contributed by atoms with Gasteiger partial charge in [0.1, 0.15) is 0 Å². The number of rotatable bonds is 5. The van der Waals surface area contributed by atoms with E-state index in [1.807, 2.05) is 11.3 Å². The van der Waals surface area contributed by atoms with Gasteiger partial charge >= 0.3 is 0 Å². The maximum atomic E-state index is 2.58. The lowest BCUT2D eigenvalue weighted by Crippen LogP contribution is -2.28. The van der Waals surface area contributed by atoms with E-state index in [0.29, 0.717) is 0 Å². The molecular weight excluding hydrogens is 683 g/mol. The number of hydrogen-bond donors (Lipinski definition) is 0. The Morgan fingerprint density at radius 3 is 1.73 bits per heavy atom. The molecule has 272 valence electrons. The number of thiophene rings is 1. The smallest absolute Gasteiger partial charge is 0.0583 e. The standard InChI is InChI=1S/C53H49NS/c1-51(2,3)44-33-43-48(40-19-12-14-22-42(40)53(43,7)8)50(49(44)52(4,5)6)54(37-29-25-35(26-30-37)34-17-10-9-11-18-34)38-31-27-36(28-32-38)39-21-16-24-46-47(39)41-20-13-15-23-45(41)55-46/h9-33H,1-8H3. The average Bonchev–Trinajstić information content (AvgIpc) is 3.67. The molecule has 7 aromatic carbocycles. The first-order valence-corrected chi connectivity index (χ1v) is 20.4. The summed E-state index contributed by atoms with van der Waals surface area (Å²) >= 11 is 1.88. The minimum atomic E-state index is -0.147. The van der Waals surface area contributed by atoms with Crippen LogP contribution in [0.25, 0.3) is 53.6 Å². The maximum absolute atomic E-state index is 2.58. The monoisotopic (exact) mass is 731 g/mol. The minimum absolute atomic E-state index is 0.0774. The zero-order valence-electron chi connectivity index (χ0n) is 33.3. The highest BCUT2D eigenvalue weighted by molar-refractivity contribution is 7.25. The molecular formula is C53H49NS. The molecule has 0 spiro atoms. The lowest BCUT2D eigenvalue weighted by atomic mass is 9.70. The van der Waals surface area contributed by atoms with Gasteiger partial charge in [-0.15, -0.1) is 11.3 Å². The first-order valence-electron chi connectivity index (χ1n) is 19.6. The van der Waals surface area contributed by atoms with E-state index >= 15 is 0 Å². The fourth-order valence-electron chi connectivity index (χ4n) is 9.05. The van der Waals surface area contributed by atoms with Crippen LogP contribution in [0.2, 0.25) is 0 Å². The summed E-state index contributed by atoms with van der Waals surface area (Å²) in [5.41, 5.74) is 16.5. The number of nitrogens with zero attached hydrogens (tertiary/aromatic N) is 1. The second-order valence-electron chi connectivity index (χ2n) is 17.8. The van der Waals surface area contributed by atoms with Crippen LogP contribution in [0.1, 0.15) is 77.6 Å². The van der Waals surface area contributed by atoms with Crippen molar-refractivity contribution < 1.29 is 0 Å². The molecule has 0 fully saturated rings. The summed E-state index contributed by atoms with van der Waals surface area (Å²) in [5.74, 6) is 0. The molecule has 0 atom stereocenters. The maximum Gasteiger partial charge on any atom is 0.0583 e. The highest BCUT2D eigenvalue weighted by Crippen LogP contribution is 2.59. The molecule has 1 heterocycles. The summed E-state index contributed by atoms with van der Waals surface area (Å²) in [6, 6.07) is 56.5. The molecule has 1 aliphatic rings. The van der Waals surface area contributed by atoms with Crippen LogP contribution in [0.3, 0.4) is 0 Å². The Bertz CT molecular complexity index is 2720. The van der Waals surface area contributed by atoms with Crippen molar-refractivity contribution in [3.8, 4) is 33.4 Å². The van der Waals surface area contributed by atoms with Crippen LogP contribution >= 0.6 is 11.3 Å². The van der Waals surface area contributed by atoms with E-state index in [1.54, 1.807) is 0 Å². The van der Waals surface area contributed by atoms with E-state index in [9.17, 15) is 0 Å². The van der Waals surface area contributed by atoms with Gasteiger partial charge < -0.3 is 4.90 Å². The molecule has 0 aliphatic heterocycles. The van der Waals surface area contributed by atoms with Crippen molar-refractivity contribution in [1.29, 1.82) is 0 Å². The molecule has 0 saturated carbocycles. The molecule has 1 aliphatic carbocycles. The van der Waals surface area contributed by atoms with Crippen LogP contribution in [0.5, 0.6) is 0 Å². The molecule has 2 heteroatoms. The van der Waals surface area contributed by atoms with Crippen LogP contribution in [-0.4, -0.2) is 0 Å². The molecule has 1 nitrogen and oxygen atoms in total. The summed E-state index contributed by atoms with van der Waals surface area (Å²) in [7, 11) is 0. The third-order valence-electron chi connectivity index (χ3n) is 11.7. The molecule has 0 unspecified atom stereocenters. The Morgan fingerprint density at radius 1 is 0.491 bits per heavy atom. The van der Waals surface area contributed by atoms with Crippen molar-refractivity contribution in [2.24, 2.45) is 0 Å². The summed E-state index contributed by atoms with van der Waals surface area (Å²) < 4.78 is 2.66. The van der Waals surface area contributed by atoms with Gasteiger partial charge in [0.05, 0.1) is 5.69 Å². The zero-order valence-corrected chi connectivity index (χ0v) is 34.1. The molecule has 0 N–H and O–H groups in total. The average molecular weight is 732 g/mol. The molecule has 0 amide bonds. The predicted molar refractivity (Wildman–Crippen MR) is 240 cm³/mol. The molecule has 55 heavy (non-hydrogen) atoms. The molecule has 0 bridgehead atoms. The lowest BCUT2D eigenvalue weighted by molar-refractivity contribution is 0.528. The van der Waals surface area contributed by atoms with Gasteiger partial charge in [0.25, 0.3) is 0 Å². The number of fused-ring (bicyclic) bond motifs is 6. The molecule has 0 saturated heterocycles. The number of hydrogen-bond acceptors (Lipinski definition) is 2. The topological polar surface area (TPSA) is 3.24 Å². The van der Waals surface area contributed by atoms with Crippen LogP contribution in [0.4, 0.5) is 17.1 Å². The van der Waals surface area contributed by atoms with Crippen molar-refractivity contribution in [2.75, 3.05) is 4.90 Å². The van der Waals surface area contributed by atoms with Gasteiger partial charge in [0.15, 0.2) is 0 Å². The van der Waals surface area contributed by atoms with Crippen molar-refractivity contribution in [3.63, 3.8) is 0 Å². The van der Waals surface area contributed by atoms with E-state index in [2.05, 4.69) is 212 Å². The SMILES string of the molecule is CC(C)(C)c1cc2c(c(N(c3ccc(-c4ccccc4)cc3)c3ccc(-c4cccc5sc6ccccc6c45)cc3)c1C(C)(C)C)-c1ccccc1C2(C)C. The summed E-state index contributed by atoms with van der Waals surface area (Å²) in [4.78, 5) is 2.58. The van der Waals surface area contributed by atoms with Crippen molar-refractivity contribution in [3.05, 3.63) is 174 Å². The van der Waals surface area contributed by atoms with Gasteiger partial charge in [-0.05, 0) is 97.3 Å². The van der Waals surface area contributed by atoms with E-state index in [0.717, 1.165) is 11.4 Å². The third kappa shape index (κ3) is 5.81. The predicted octanol–water partition coefficient (Wildman–Crippen LogP) is 15.8. The second kappa shape index (κ2) is 12.8. The highest BCUT2D eigenvalue weighted by atomic mass is 32.1. The first kappa shape index (κ1) is 35.3. The van der Waals surface area contributed by atoms with Crippen LogP contribution < -0.4 is 4.90 Å². The quantitative estimate of drug-likeness (QED) is 0.170. The molecule has 8 aromatic rings. The van der Waals surface area contributed by atoms with Gasteiger partial charge in [-0.1, -0.05) is 171 Å². The van der Waals surface area contributed by atoms with Crippen LogP contribution in [0.15, 0.2) is 152 Å². The fourth-order valence-corrected chi connectivity index (χ4v) is 10.2. The summed E-state index contributed by atoms with van der Waals surface area (Å²) in [5, 5.41) is 2.67. The Kier molecular flexibility index (Phi) is 8.22. The minimum Gasteiger partial charge on any atom is -0.310 e. The van der Waals surface area contributed by atoms with Gasteiger partial charge in [0.2, 0.25) is 0 Å². The third-order valence-corrected chi connectivity index (χ3v) is 12.8. The van der Waals surface area contributed by atoms with Gasteiger partial charge in [0, 0.05) is 42.5 Å². The van der Waals surface area contributed by atoms with Gasteiger partial charge in [-0.2, -0.15) is 0 Å². The van der Waals surface area contributed by atoms with Crippen molar-refractivity contribution in [2.45, 2.75) is 71.6 Å². The number of benzene rings is 7. The van der Waals surface area contributed by atoms with Crippen LogP contribution in [-0.2, 0) is 16.2 Å². The lowest BCUT2D eigenvalue weighted by Gasteiger charge is -2.39. The van der Waals surface area contributed by atoms with Crippen molar-refractivity contribution >= 4 is 48.6 Å². The Hall–Kier alpha value is -5.44. The molecule has 1 aromatic heterocycles. The van der Waals surface area contributed by atoms with E-state index in [4.69, 9.17) is 0 Å². The largest absolute Gasteiger partial charge is 0.310 e. The summed E-state index contributed by atoms with van der Waals surface area (Å²) in [6.07, 6.45) is 0. The zero-order chi connectivity index (χ0) is 38.3. The first-order chi connectivity index (χ1) is 26.3. The van der Waals surface area contributed by atoms with E-state index in [1.165, 1.54) is 81.5 Å². The Morgan fingerprint density at radius 2 is 1.05 bits per heavy atom. The summed E-state index contributed by atoms with van der Waals surface area (Å²) in [6.45, 7) is 19.1. The molecule has 9 rings (SSSR count). The van der Waals surface area contributed by atoms with E-state index in [-0.39, 0.29) is 16.2 Å². The number of anilines is 3. The van der Waals surface area contributed by atoms with Gasteiger partial charge in [-0.25, -0.2) is 0 Å². The molecule has 0 radical (unpaired) electrons. The van der Waals surface area contributed by atoms with Crippen molar-refractivity contribution in [1.82, 2.24) is 0 Å². The van der Waals surface area contributed by atoms with Crippen LogP contribution in [0, 0.1) is 0 Å². The van der Waals surface area contributed by atoms with Gasteiger partial charge in [-0.3, -0.25) is 0 Å². The Balaban J connectivity index is 1.33. The second-order valence-corrected chi connectivity index (χ2v) is 18.9. The van der Waals surface area contributed by atoms with E-state index < -0.39 is 0 Å².